The number of likely N-dealkylation sites (N-methyl/N-ethyl adjacent to an activating group) is 1. The maximum Gasteiger partial charge on any atom is 0.311 e. The molecule has 1 fully saturated rings. The third kappa shape index (κ3) is 2.82. The molecular weight excluding hydrogens is 258 g/mol. The van der Waals surface area contributed by atoms with Crippen LogP contribution < -0.4 is 0 Å². The lowest BCUT2D eigenvalue weighted by Crippen LogP contribution is -2.46. The summed E-state index contributed by atoms with van der Waals surface area (Å²) in [5, 5.41) is 9.21. The number of aliphatic carboxylic acids is 1. The smallest absolute Gasteiger partial charge is 0.311 e. The van der Waals surface area contributed by atoms with Gasteiger partial charge in [0.15, 0.2) is 0 Å². The van der Waals surface area contributed by atoms with E-state index in [1.165, 1.54) is 0 Å². The summed E-state index contributed by atoms with van der Waals surface area (Å²) in [5.74, 6) is -1.70. The molecule has 0 aromatic heterocycles. The first-order valence-corrected chi connectivity index (χ1v) is 6.72. The van der Waals surface area contributed by atoms with E-state index in [1.54, 1.807) is 11.0 Å². The summed E-state index contributed by atoms with van der Waals surface area (Å²) in [5.41, 5.74) is 1.59. The van der Waals surface area contributed by atoms with Gasteiger partial charge in [0.2, 0.25) is 0 Å². The number of carbonyl (C=O) groups is 2. The van der Waals surface area contributed by atoms with Gasteiger partial charge in [-0.3, -0.25) is 9.59 Å². The molecule has 2 atom stereocenters. The fraction of sp³-hybridized carbons (Fsp3) is 0.467. The lowest BCUT2D eigenvalue weighted by atomic mass is 10.0. The Kier molecular flexibility index (Phi) is 4.39. The summed E-state index contributed by atoms with van der Waals surface area (Å²) in [6.07, 6.45) is 0. The monoisotopic (exact) mass is 277 g/mol. The highest BCUT2D eigenvalue weighted by Crippen LogP contribution is 2.22. The molecule has 1 N–H and O–H groups in total. The summed E-state index contributed by atoms with van der Waals surface area (Å²) in [7, 11) is 0. The average molecular weight is 277 g/mol. The zero-order valence-electron chi connectivity index (χ0n) is 11.7. The van der Waals surface area contributed by atoms with Crippen LogP contribution >= 0.6 is 0 Å². The van der Waals surface area contributed by atoms with Crippen LogP contribution in [0.2, 0.25) is 0 Å². The predicted molar refractivity (Wildman–Crippen MR) is 73.6 cm³/mol. The van der Waals surface area contributed by atoms with Gasteiger partial charge < -0.3 is 14.7 Å². The Hall–Kier alpha value is -1.88. The minimum absolute atomic E-state index is 0.141. The van der Waals surface area contributed by atoms with E-state index in [4.69, 9.17) is 4.74 Å². The van der Waals surface area contributed by atoms with Crippen LogP contribution in [0.25, 0.3) is 0 Å². The van der Waals surface area contributed by atoms with Gasteiger partial charge in [-0.05, 0) is 26.0 Å². The van der Waals surface area contributed by atoms with E-state index in [9.17, 15) is 14.7 Å². The second-order valence-corrected chi connectivity index (χ2v) is 5.01. The van der Waals surface area contributed by atoms with Crippen molar-refractivity contribution in [2.24, 2.45) is 5.92 Å². The maximum absolute atomic E-state index is 12.6. The van der Waals surface area contributed by atoms with Crippen molar-refractivity contribution in [1.82, 2.24) is 4.90 Å². The van der Waals surface area contributed by atoms with Gasteiger partial charge in [0, 0.05) is 12.1 Å². The van der Waals surface area contributed by atoms with E-state index in [2.05, 4.69) is 0 Å². The molecule has 0 aliphatic carbocycles. The fourth-order valence-electron chi connectivity index (χ4n) is 2.56. The van der Waals surface area contributed by atoms with Crippen molar-refractivity contribution in [3.05, 3.63) is 35.4 Å². The maximum atomic E-state index is 12.6. The minimum atomic E-state index is -0.914. The molecule has 1 amide bonds. The largest absolute Gasteiger partial charge is 0.481 e. The third-order valence-corrected chi connectivity index (χ3v) is 3.63. The van der Waals surface area contributed by atoms with Crippen LogP contribution in [0.4, 0.5) is 0 Å². The molecule has 2 rings (SSSR count). The van der Waals surface area contributed by atoms with E-state index in [-0.39, 0.29) is 19.1 Å². The molecule has 1 aromatic rings. The van der Waals surface area contributed by atoms with Gasteiger partial charge in [0.05, 0.1) is 19.3 Å². The molecule has 5 heteroatoms. The number of hydrogen-bond donors (Lipinski definition) is 1. The average Bonchev–Trinajstić information content (AvgIpc) is 2.89. The number of rotatable bonds is 4. The number of hydrogen-bond acceptors (Lipinski definition) is 3. The molecule has 5 nitrogen and oxygen atoms in total. The molecule has 20 heavy (non-hydrogen) atoms. The molecule has 1 heterocycles. The van der Waals surface area contributed by atoms with Crippen molar-refractivity contribution < 1.29 is 19.4 Å². The van der Waals surface area contributed by atoms with Gasteiger partial charge in [0.1, 0.15) is 5.92 Å². The molecule has 0 spiro atoms. The second kappa shape index (κ2) is 6.05. The van der Waals surface area contributed by atoms with Crippen LogP contribution in [-0.4, -0.2) is 47.7 Å². The van der Waals surface area contributed by atoms with Gasteiger partial charge in [-0.1, -0.05) is 17.7 Å². The lowest BCUT2D eigenvalue weighted by Gasteiger charge is -2.29. The summed E-state index contributed by atoms with van der Waals surface area (Å²) in [6, 6.07) is 6.92. The minimum Gasteiger partial charge on any atom is -0.481 e. The Balaban J connectivity index is 2.23. The molecule has 1 aliphatic rings. The second-order valence-electron chi connectivity index (χ2n) is 5.01. The van der Waals surface area contributed by atoms with Crippen LogP contribution in [0, 0.1) is 12.8 Å². The number of carboxylic acids is 1. The van der Waals surface area contributed by atoms with Crippen molar-refractivity contribution in [2.75, 3.05) is 19.8 Å². The quantitative estimate of drug-likeness (QED) is 0.907. The Morgan fingerprint density at radius 3 is 2.75 bits per heavy atom. The van der Waals surface area contributed by atoms with Crippen LogP contribution in [-0.2, 0) is 9.53 Å². The van der Waals surface area contributed by atoms with Crippen molar-refractivity contribution in [3.8, 4) is 0 Å². The number of ether oxygens (including phenoxy) is 1. The van der Waals surface area contributed by atoms with Crippen LogP contribution in [0.1, 0.15) is 22.8 Å². The van der Waals surface area contributed by atoms with Crippen molar-refractivity contribution in [1.29, 1.82) is 0 Å². The predicted octanol–water partition coefficient (Wildman–Crippen LogP) is 1.56. The molecule has 1 aromatic carbocycles. The molecule has 108 valence electrons. The first kappa shape index (κ1) is 14.5. The zero-order valence-corrected chi connectivity index (χ0v) is 11.7. The van der Waals surface area contributed by atoms with Crippen LogP contribution in [0.3, 0.4) is 0 Å². The highest BCUT2D eigenvalue weighted by molar-refractivity contribution is 5.95. The van der Waals surface area contributed by atoms with Crippen LogP contribution in [0.15, 0.2) is 24.3 Å². The molecule has 1 saturated heterocycles. The van der Waals surface area contributed by atoms with E-state index >= 15 is 0 Å². The highest BCUT2D eigenvalue weighted by atomic mass is 16.5. The van der Waals surface area contributed by atoms with E-state index in [0.29, 0.717) is 12.1 Å². The van der Waals surface area contributed by atoms with E-state index < -0.39 is 17.9 Å². The van der Waals surface area contributed by atoms with E-state index in [1.807, 2.05) is 32.0 Å². The number of amides is 1. The summed E-state index contributed by atoms with van der Waals surface area (Å²) in [4.78, 5) is 25.4. The van der Waals surface area contributed by atoms with Crippen molar-refractivity contribution in [3.63, 3.8) is 0 Å². The summed E-state index contributed by atoms with van der Waals surface area (Å²) < 4.78 is 5.25. The molecule has 1 aliphatic heterocycles. The number of aryl methyl sites for hydroxylation is 1. The number of carboxylic acid groups (broad SMARTS) is 1. The number of benzene rings is 1. The van der Waals surface area contributed by atoms with Crippen molar-refractivity contribution in [2.45, 2.75) is 19.9 Å². The third-order valence-electron chi connectivity index (χ3n) is 3.63. The first-order valence-electron chi connectivity index (χ1n) is 6.72. The molecule has 0 radical (unpaired) electrons. The zero-order chi connectivity index (χ0) is 14.7. The van der Waals surface area contributed by atoms with Gasteiger partial charge in [-0.15, -0.1) is 0 Å². The summed E-state index contributed by atoms with van der Waals surface area (Å²) >= 11 is 0. The Labute approximate surface area is 118 Å². The Morgan fingerprint density at radius 2 is 2.15 bits per heavy atom. The topological polar surface area (TPSA) is 66.8 Å². The molecule has 0 bridgehead atoms. The number of nitrogens with zero attached hydrogens (tertiary/aromatic N) is 1. The molecular formula is C15H19NO4. The molecule has 0 saturated carbocycles. The van der Waals surface area contributed by atoms with Gasteiger partial charge in [-0.2, -0.15) is 0 Å². The van der Waals surface area contributed by atoms with E-state index in [0.717, 1.165) is 5.56 Å². The fourth-order valence-corrected chi connectivity index (χ4v) is 2.56. The molecule has 2 unspecified atom stereocenters. The first-order chi connectivity index (χ1) is 9.54. The summed E-state index contributed by atoms with van der Waals surface area (Å²) in [6.45, 7) is 4.68. The SMILES string of the molecule is CCN(C(=O)c1cccc(C)c1)C1COCC1C(=O)O. The highest BCUT2D eigenvalue weighted by Gasteiger charge is 2.39. The van der Waals surface area contributed by atoms with Gasteiger partial charge in [0.25, 0.3) is 5.91 Å². The number of carbonyl (C=O) groups excluding carboxylic acids is 1. The normalized spacial score (nSPS) is 21.7. The van der Waals surface area contributed by atoms with Gasteiger partial charge >= 0.3 is 5.97 Å². The Bertz CT molecular complexity index is 514. The standard InChI is InChI=1S/C15H19NO4/c1-3-16(13-9-20-8-12(13)15(18)19)14(17)11-6-4-5-10(2)7-11/h4-7,12-13H,3,8-9H2,1-2H3,(H,18,19). The van der Waals surface area contributed by atoms with Crippen molar-refractivity contribution >= 4 is 11.9 Å². The lowest BCUT2D eigenvalue weighted by molar-refractivity contribution is -0.142. The van der Waals surface area contributed by atoms with Crippen LogP contribution in [0.5, 0.6) is 0 Å². The van der Waals surface area contributed by atoms with Gasteiger partial charge in [-0.25, -0.2) is 0 Å². The Morgan fingerprint density at radius 1 is 1.40 bits per heavy atom.